The first-order valence-electron chi connectivity index (χ1n) is 5.85. The molecule has 0 bridgehead atoms. The predicted octanol–water partition coefficient (Wildman–Crippen LogP) is 3.61. The Morgan fingerprint density at radius 1 is 1.00 bits per heavy atom. The fraction of sp³-hybridized carbons (Fsp3) is 0.846. The van der Waals surface area contributed by atoms with E-state index in [1.165, 1.54) is 6.42 Å². The topological polar surface area (TPSA) is 12.0 Å². The highest BCUT2D eigenvalue weighted by atomic mass is 14.9. The van der Waals surface area contributed by atoms with Crippen molar-refractivity contribution in [2.75, 3.05) is 7.05 Å². The lowest BCUT2D eigenvalue weighted by Gasteiger charge is -2.25. The van der Waals surface area contributed by atoms with Crippen LogP contribution in [0.15, 0.2) is 11.1 Å². The molecule has 0 spiro atoms. The first-order chi connectivity index (χ1) is 6.45. The van der Waals surface area contributed by atoms with Gasteiger partial charge in [-0.2, -0.15) is 0 Å². The molecular weight excluding hydrogens is 170 g/mol. The van der Waals surface area contributed by atoms with Gasteiger partial charge in [-0.05, 0) is 32.2 Å². The summed E-state index contributed by atoms with van der Waals surface area (Å²) in [5.41, 5.74) is 3.23. The summed E-state index contributed by atoms with van der Waals surface area (Å²) in [6, 6.07) is 0.507. The van der Waals surface area contributed by atoms with E-state index in [1.807, 2.05) is 7.05 Å². The zero-order valence-corrected chi connectivity index (χ0v) is 10.9. The SMILES string of the molecule is CC/C(=C(/C(C)C)C(C)NC)C(C)C. The minimum Gasteiger partial charge on any atom is -0.314 e. The number of allylic oxidation sites excluding steroid dienone is 1. The third kappa shape index (κ3) is 3.45. The van der Waals surface area contributed by atoms with Crippen LogP contribution in [0.25, 0.3) is 0 Å². The van der Waals surface area contributed by atoms with E-state index in [-0.39, 0.29) is 0 Å². The molecular formula is C13H27N. The van der Waals surface area contributed by atoms with Crippen LogP contribution in [0, 0.1) is 11.8 Å². The number of hydrogen-bond donors (Lipinski definition) is 1. The van der Waals surface area contributed by atoms with E-state index in [4.69, 9.17) is 0 Å². The van der Waals surface area contributed by atoms with Gasteiger partial charge in [-0.3, -0.25) is 0 Å². The molecule has 0 heterocycles. The molecule has 14 heavy (non-hydrogen) atoms. The number of nitrogens with one attached hydrogen (secondary N) is 1. The van der Waals surface area contributed by atoms with E-state index in [0.717, 1.165) is 0 Å². The van der Waals surface area contributed by atoms with Crippen molar-refractivity contribution < 1.29 is 0 Å². The standard InChI is InChI=1S/C13H27N/c1-8-12(9(2)3)13(10(4)5)11(6)14-7/h9-11,14H,8H2,1-7H3/b13-12+. The summed E-state index contributed by atoms with van der Waals surface area (Å²) in [6.45, 7) is 13.7. The van der Waals surface area contributed by atoms with Crippen LogP contribution >= 0.6 is 0 Å². The average Bonchev–Trinajstić information content (AvgIpc) is 2.11. The smallest absolute Gasteiger partial charge is 0.0253 e. The summed E-state index contributed by atoms with van der Waals surface area (Å²) in [6.07, 6.45) is 1.18. The van der Waals surface area contributed by atoms with Crippen LogP contribution in [0.1, 0.15) is 48.0 Å². The molecule has 0 fully saturated rings. The fourth-order valence-electron chi connectivity index (χ4n) is 2.25. The molecule has 1 nitrogen and oxygen atoms in total. The minimum atomic E-state index is 0.507. The van der Waals surface area contributed by atoms with Crippen molar-refractivity contribution in [2.45, 2.75) is 54.0 Å². The monoisotopic (exact) mass is 197 g/mol. The molecule has 0 aliphatic heterocycles. The highest BCUT2D eigenvalue weighted by Gasteiger charge is 2.16. The quantitative estimate of drug-likeness (QED) is 0.664. The lowest BCUT2D eigenvalue weighted by Crippen LogP contribution is -2.28. The van der Waals surface area contributed by atoms with Gasteiger partial charge in [0, 0.05) is 6.04 Å². The minimum absolute atomic E-state index is 0.507. The molecule has 1 heteroatoms. The number of likely N-dealkylation sites (N-methyl/N-ethyl adjacent to an activating group) is 1. The molecule has 84 valence electrons. The van der Waals surface area contributed by atoms with Crippen molar-refractivity contribution in [1.29, 1.82) is 0 Å². The summed E-state index contributed by atoms with van der Waals surface area (Å²) in [5.74, 6) is 1.32. The van der Waals surface area contributed by atoms with E-state index in [9.17, 15) is 0 Å². The van der Waals surface area contributed by atoms with E-state index in [1.54, 1.807) is 11.1 Å². The van der Waals surface area contributed by atoms with Crippen molar-refractivity contribution >= 4 is 0 Å². The Kier molecular flexibility index (Phi) is 6.10. The van der Waals surface area contributed by atoms with Gasteiger partial charge in [0.25, 0.3) is 0 Å². The highest BCUT2D eigenvalue weighted by Crippen LogP contribution is 2.26. The van der Waals surface area contributed by atoms with Gasteiger partial charge in [-0.1, -0.05) is 45.8 Å². The molecule has 0 aromatic carbocycles. The maximum absolute atomic E-state index is 3.36. The third-order valence-electron chi connectivity index (χ3n) is 2.97. The van der Waals surface area contributed by atoms with Crippen LogP contribution in [0.2, 0.25) is 0 Å². The molecule has 0 aliphatic carbocycles. The molecule has 1 N–H and O–H groups in total. The van der Waals surface area contributed by atoms with Crippen molar-refractivity contribution in [3.63, 3.8) is 0 Å². The van der Waals surface area contributed by atoms with Crippen LogP contribution in [0.4, 0.5) is 0 Å². The second-order valence-electron chi connectivity index (χ2n) is 4.65. The Morgan fingerprint density at radius 3 is 1.71 bits per heavy atom. The molecule has 0 aliphatic rings. The Morgan fingerprint density at radius 2 is 1.50 bits per heavy atom. The van der Waals surface area contributed by atoms with Gasteiger partial charge in [-0.25, -0.2) is 0 Å². The summed E-state index contributed by atoms with van der Waals surface area (Å²) in [4.78, 5) is 0. The lowest BCUT2D eigenvalue weighted by molar-refractivity contribution is 0.566. The van der Waals surface area contributed by atoms with Crippen molar-refractivity contribution in [3.8, 4) is 0 Å². The molecule has 0 saturated heterocycles. The van der Waals surface area contributed by atoms with Gasteiger partial charge in [0.1, 0.15) is 0 Å². The first kappa shape index (κ1) is 13.7. The third-order valence-corrected chi connectivity index (χ3v) is 2.97. The molecule has 0 rings (SSSR count). The predicted molar refractivity (Wildman–Crippen MR) is 65.5 cm³/mol. The molecule has 1 atom stereocenters. The normalized spacial score (nSPS) is 16.1. The van der Waals surface area contributed by atoms with Crippen molar-refractivity contribution in [2.24, 2.45) is 11.8 Å². The second-order valence-corrected chi connectivity index (χ2v) is 4.65. The Bertz CT molecular complexity index is 189. The van der Waals surface area contributed by atoms with Crippen LogP contribution in [-0.4, -0.2) is 13.1 Å². The van der Waals surface area contributed by atoms with Gasteiger partial charge in [0.15, 0.2) is 0 Å². The van der Waals surface area contributed by atoms with Gasteiger partial charge >= 0.3 is 0 Å². The maximum Gasteiger partial charge on any atom is 0.0253 e. The molecule has 0 saturated carbocycles. The fourth-order valence-corrected chi connectivity index (χ4v) is 2.25. The van der Waals surface area contributed by atoms with E-state index in [0.29, 0.717) is 17.9 Å². The van der Waals surface area contributed by atoms with Gasteiger partial charge in [-0.15, -0.1) is 0 Å². The number of rotatable bonds is 5. The van der Waals surface area contributed by atoms with E-state index >= 15 is 0 Å². The molecule has 0 amide bonds. The van der Waals surface area contributed by atoms with Gasteiger partial charge < -0.3 is 5.32 Å². The van der Waals surface area contributed by atoms with Crippen LogP contribution in [0.5, 0.6) is 0 Å². The molecule has 0 aromatic heterocycles. The van der Waals surface area contributed by atoms with Crippen LogP contribution in [-0.2, 0) is 0 Å². The summed E-state index contributed by atoms with van der Waals surface area (Å²) < 4.78 is 0. The summed E-state index contributed by atoms with van der Waals surface area (Å²) in [5, 5.41) is 3.36. The number of hydrogen-bond acceptors (Lipinski definition) is 1. The summed E-state index contributed by atoms with van der Waals surface area (Å²) in [7, 11) is 2.04. The summed E-state index contributed by atoms with van der Waals surface area (Å²) >= 11 is 0. The lowest BCUT2D eigenvalue weighted by atomic mass is 9.85. The highest BCUT2D eigenvalue weighted by molar-refractivity contribution is 5.22. The Labute approximate surface area is 90.0 Å². The average molecular weight is 197 g/mol. The van der Waals surface area contributed by atoms with Crippen molar-refractivity contribution in [1.82, 2.24) is 5.32 Å². The van der Waals surface area contributed by atoms with Crippen LogP contribution < -0.4 is 5.32 Å². The molecule has 0 radical (unpaired) electrons. The van der Waals surface area contributed by atoms with Gasteiger partial charge in [0.05, 0.1) is 0 Å². The largest absolute Gasteiger partial charge is 0.314 e. The zero-order valence-electron chi connectivity index (χ0n) is 10.9. The second kappa shape index (κ2) is 6.23. The van der Waals surface area contributed by atoms with Crippen molar-refractivity contribution in [3.05, 3.63) is 11.1 Å². The Balaban J connectivity index is 5.09. The maximum atomic E-state index is 3.36. The van der Waals surface area contributed by atoms with E-state index in [2.05, 4.69) is 46.9 Å². The first-order valence-corrected chi connectivity index (χ1v) is 5.85. The van der Waals surface area contributed by atoms with E-state index < -0.39 is 0 Å². The van der Waals surface area contributed by atoms with Gasteiger partial charge in [0.2, 0.25) is 0 Å². The molecule has 0 aromatic rings. The zero-order chi connectivity index (χ0) is 11.3. The Hall–Kier alpha value is -0.300. The van der Waals surface area contributed by atoms with Crippen LogP contribution in [0.3, 0.4) is 0 Å². The molecule has 1 unspecified atom stereocenters.